The van der Waals surface area contributed by atoms with E-state index < -0.39 is 5.72 Å². The number of hydrazine groups is 3. The average molecular weight is 203 g/mol. The summed E-state index contributed by atoms with van der Waals surface area (Å²) in [4.78, 5) is 2.35. The van der Waals surface area contributed by atoms with Crippen molar-refractivity contribution < 1.29 is 4.74 Å². The first kappa shape index (κ1) is 12.7. The van der Waals surface area contributed by atoms with Crippen LogP contribution < -0.4 is 15.8 Å². The summed E-state index contributed by atoms with van der Waals surface area (Å²) in [5, 5.41) is 1.38. The van der Waals surface area contributed by atoms with Crippen LogP contribution in [0.3, 0.4) is 0 Å². The summed E-state index contributed by atoms with van der Waals surface area (Å²) in [6.07, 6.45) is 3.55. The van der Waals surface area contributed by atoms with E-state index in [0.29, 0.717) is 0 Å². The van der Waals surface area contributed by atoms with Gasteiger partial charge in [-0.25, -0.2) is 0 Å². The molecule has 66 valence electrons. The van der Waals surface area contributed by atoms with Gasteiger partial charge in [0.15, 0.2) is 5.72 Å². The van der Waals surface area contributed by atoms with Crippen LogP contribution >= 0.6 is 11.8 Å². The van der Waals surface area contributed by atoms with E-state index in [9.17, 15) is 0 Å². The third-order valence-electron chi connectivity index (χ3n) is 1.45. The minimum absolute atomic E-state index is 0. The van der Waals surface area contributed by atoms with Gasteiger partial charge in [0.05, 0.1) is 0 Å². The normalized spacial score (nSPS) is 29.2. The third-order valence-corrected chi connectivity index (χ3v) is 1.62. The number of nitrogens with one attached hydrogen (secondary N) is 3. The van der Waals surface area contributed by atoms with Crippen LogP contribution in [0.15, 0.2) is 12.3 Å². The van der Waals surface area contributed by atoms with Gasteiger partial charge < -0.3 is 4.74 Å². The van der Waals surface area contributed by atoms with Gasteiger partial charge in [-0.05, 0) is 24.8 Å². The predicted octanol–water partition coefficient (Wildman–Crippen LogP) is -0.803. The molecule has 1 rings (SSSR count). The molecule has 0 amide bonds. The monoisotopic (exact) mass is 202 g/mol. The molecule has 3 N–H and O–H groups in total. The Balaban J connectivity index is 0.00000121. The van der Waals surface area contributed by atoms with Gasteiger partial charge in [0.25, 0.3) is 0 Å². The molecule has 0 aromatic rings. The first-order valence-corrected chi connectivity index (χ1v) is 3.51. The van der Waals surface area contributed by atoms with Crippen molar-refractivity contribution in [1.29, 1.82) is 0 Å². The molecule has 1 aliphatic heterocycles. The second-order valence-electron chi connectivity index (χ2n) is 2.31. The average Bonchev–Trinajstić information content (AvgIpc) is 2.05. The molecule has 0 fully saturated rings. The van der Waals surface area contributed by atoms with Crippen molar-refractivity contribution in [2.75, 3.05) is 7.11 Å². The Bertz CT molecular complexity index is 170. The Labute approximate surface area is 98.8 Å². The van der Waals surface area contributed by atoms with E-state index in [1.54, 1.807) is 13.3 Å². The molecular formula is C5H12ClN4NaO. The molecule has 1 aliphatic rings. The summed E-state index contributed by atoms with van der Waals surface area (Å²) >= 11 is 5.33. The van der Waals surface area contributed by atoms with Gasteiger partial charge in [-0.15, -0.1) is 4.94 Å². The molecule has 1 atom stereocenters. The molecule has 0 bridgehead atoms. The number of ether oxygens (including phenoxy) is 1. The van der Waals surface area contributed by atoms with Crippen molar-refractivity contribution >= 4 is 41.3 Å². The molecule has 0 spiro atoms. The Morgan fingerprint density at radius 2 is 2.33 bits per heavy atom. The fraction of sp³-hybridized carbons (Fsp3) is 0.600. The number of methoxy groups -OCH3 is 1. The number of halogens is 1. The van der Waals surface area contributed by atoms with Crippen LogP contribution in [0.2, 0.25) is 0 Å². The number of hydrogen-bond acceptors (Lipinski definition) is 5. The van der Waals surface area contributed by atoms with Crippen LogP contribution in [-0.2, 0) is 4.74 Å². The molecule has 0 aromatic heterocycles. The zero-order valence-electron chi connectivity index (χ0n) is 6.39. The zero-order valence-corrected chi connectivity index (χ0v) is 7.14. The standard InChI is InChI=1S/C5H11ClN4O.Na.H/c1-5(11-2)3-4-7-10(8-5)9-6;;/h3-4,7-9H,1-2H3;;. The van der Waals surface area contributed by atoms with Crippen molar-refractivity contribution in [2.45, 2.75) is 12.6 Å². The third kappa shape index (κ3) is 3.20. The summed E-state index contributed by atoms with van der Waals surface area (Å²) in [5.41, 5.74) is 5.16. The SMILES string of the molecule is COC1(C)C=CNN(NCl)N1.[NaH]. The molecule has 1 heterocycles. The van der Waals surface area contributed by atoms with Crippen LogP contribution in [0, 0.1) is 0 Å². The van der Waals surface area contributed by atoms with Crippen molar-refractivity contribution in [3.05, 3.63) is 12.3 Å². The van der Waals surface area contributed by atoms with Crippen LogP contribution in [0.5, 0.6) is 0 Å². The van der Waals surface area contributed by atoms with E-state index >= 15 is 0 Å². The van der Waals surface area contributed by atoms with Crippen molar-refractivity contribution in [3.63, 3.8) is 0 Å². The van der Waals surface area contributed by atoms with Crippen molar-refractivity contribution in [1.82, 2.24) is 21.0 Å². The van der Waals surface area contributed by atoms with E-state index in [4.69, 9.17) is 16.5 Å². The molecule has 0 radical (unpaired) electrons. The van der Waals surface area contributed by atoms with E-state index in [1.807, 2.05) is 13.0 Å². The number of nitrogens with zero attached hydrogens (tertiary/aromatic N) is 1. The van der Waals surface area contributed by atoms with Crippen molar-refractivity contribution in [2.24, 2.45) is 0 Å². The van der Waals surface area contributed by atoms with Gasteiger partial charge in [-0.2, -0.15) is 5.43 Å². The maximum atomic E-state index is 5.33. The van der Waals surface area contributed by atoms with E-state index in [0.717, 1.165) is 0 Å². The fourth-order valence-electron chi connectivity index (χ4n) is 0.722. The topological polar surface area (TPSA) is 48.6 Å². The summed E-state index contributed by atoms with van der Waals surface area (Å²) in [6, 6.07) is 0. The summed E-state index contributed by atoms with van der Waals surface area (Å²) in [5.74, 6) is 0. The molecule has 7 heteroatoms. The fourth-order valence-corrected chi connectivity index (χ4v) is 0.813. The quantitative estimate of drug-likeness (QED) is 0.404. The van der Waals surface area contributed by atoms with Crippen LogP contribution in [0.4, 0.5) is 0 Å². The van der Waals surface area contributed by atoms with Crippen LogP contribution in [0.1, 0.15) is 6.92 Å². The Morgan fingerprint density at radius 1 is 1.67 bits per heavy atom. The zero-order chi connectivity index (χ0) is 8.32. The Morgan fingerprint density at radius 3 is 2.83 bits per heavy atom. The van der Waals surface area contributed by atoms with E-state index in [-0.39, 0.29) is 29.6 Å². The van der Waals surface area contributed by atoms with Gasteiger partial charge in [0.2, 0.25) is 0 Å². The molecular weight excluding hydrogens is 191 g/mol. The van der Waals surface area contributed by atoms with Crippen LogP contribution in [-0.4, -0.2) is 47.6 Å². The first-order valence-electron chi connectivity index (χ1n) is 3.13. The number of rotatable bonds is 2. The molecule has 12 heavy (non-hydrogen) atoms. The molecule has 1 unspecified atom stereocenters. The van der Waals surface area contributed by atoms with Crippen molar-refractivity contribution in [3.8, 4) is 0 Å². The second-order valence-corrected chi connectivity index (χ2v) is 2.47. The molecule has 0 saturated carbocycles. The summed E-state index contributed by atoms with van der Waals surface area (Å²) in [7, 11) is 1.61. The Kier molecular flexibility index (Phi) is 5.71. The molecule has 5 nitrogen and oxygen atoms in total. The van der Waals surface area contributed by atoms with Gasteiger partial charge in [0, 0.05) is 13.3 Å². The van der Waals surface area contributed by atoms with Gasteiger partial charge in [0.1, 0.15) is 0 Å². The molecule has 0 saturated heterocycles. The minimum atomic E-state index is -0.521. The van der Waals surface area contributed by atoms with Gasteiger partial charge in [-0.3, -0.25) is 5.43 Å². The predicted molar refractivity (Wildman–Crippen MR) is 48.8 cm³/mol. The van der Waals surface area contributed by atoms with E-state index in [1.165, 1.54) is 5.23 Å². The molecule has 0 aromatic carbocycles. The van der Waals surface area contributed by atoms with E-state index in [2.05, 4.69) is 15.8 Å². The van der Waals surface area contributed by atoms with Gasteiger partial charge in [-0.1, -0.05) is 5.23 Å². The molecule has 0 aliphatic carbocycles. The summed E-state index contributed by atoms with van der Waals surface area (Å²) in [6.45, 7) is 1.87. The van der Waals surface area contributed by atoms with Crippen LogP contribution in [0.25, 0.3) is 0 Å². The Hall–Kier alpha value is 0.670. The second kappa shape index (κ2) is 5.41. The number of hydrogen-bond donors (Lipinski definition) is 3. The van der Waals surface area contributed by atoms with Gasteiger partial charge >= 0.3 is 29.6 Å². The summed E-state index contributed by atoms with van der Waals surface area (Å²) < 4.78 is 5.13. The maximum absolute atomic E-state index is 5.33. The first-order chi connectivity index (χ1) is 5.20.